The Hall–Kier alpha value is -3.15. The third kappa shape index (κ3) is 3.91. The van der Waals surface area contributed by atoms with Gasteiger partial charge in [0.15, 0.2) is 6.61 Å². The zero-order valence-corrected chi connectivity index (χ0v) is 15.6. The van der Waals surface area contributed by atoms with Gasteiger partial charge in [-0.1, -0.05) is 6.07 Å². The smallest absolute Gasteiger partial charge is 0.338 e. The van der Waals surface area contributed by atoms with E-state index in [0.29, 0.717) is 18.5 Å². The molecule has 2 aromatic carbocycles. The molecule has 1 N–H and O–H groups in total. The number of benzene rings is 2. The molecular weight excluding hydrogens is 356 g/mol. The van der Waals surface area contributed by atoms with Crippen molar-refractivity contribution >= 4 is 29.2 Å². The molecule has 1 fully saturated rings. The Morgan fingerprint density at radius 2 is 1.75 bits per heavy atom. The number of anilines is 2. The van der Waals surface area contributed by atoms with Gasteiger partial charge in [0.1, 0.15) is 0 Å². The van der Waals surface area contributed by atoms with Gasteiger partial charge in [0.05, 0.1) is 5.56 Å². The van der Waals surface area contributed by atoms with Crippen LogP contribution in [0, 0.1) is 0 Å². The molecule has 1 saturated heterocycles. The van der Waals surface area contributed by atoms with Crippen LogP contribution in [0.5, 0.6) is 0 Å². The maximum atomic E-state index is 12.2. The third-order valence-electron chi connectivity index (χ3n) is 5.20. The van der Waals surface area contributed by atoms with Gasteiger partial charge in [-0.05, 0) is 73.2 Å². The van der Waals surface area contributed by atoms with Gasteiger partial charge in [-0.25, -0.2) is 4.79 Å². The number of carbonyl (C=O) groups excluding carboxylic acids is 3. The lowest BCUT2D eigenvalue weighted by Crippen LogP contribution is -2.23. The van der Waals surface area contributed by atoms with E-state index in [0.717, 1.165) is 37.1 Å². The van der Waals surface area contributed by atoms with Crippen molar-refractivity contribution in [3.05, 3.63) is 59.2 Å². The number of nitrogens with zero attached hydrogens (tertiary/aromatic N) is 1. The van der Waals surface area contributed by atoms with Gasteiger partial charge >= 0.3 is 5.97 Å². The Bertz CT molecular complexity index is 921. The van der Waals surface area contributed by atoms with Gasteiger partial charge < -0.3 is 15.0 Å². The topological polar surface area (TPSA) is 75.7 Å². The predicted octanol–water partition coefficient (Wildman–Crippen LogP) is 3.10. The van der Waals surface area contributed by atoms with E-state index in [4.69, 9.17) is 4.74 Å². The summed E-state index contributed by atoms with van der Waals surface area (Å²) in [5.41, 5.74) is 4.45. The highest BCUT2D eigenvalue weighted by Crippen LogP contribution is 2.25. The van der Waals surface area contributed by atoms with Crippen LogP contribution >= 0.6 is 0 Å². The van der Waals surface area contributed by atoms with E-state index < -0.39 is 5.97 Å². The Labute approximate surface area is 163 Å². The molecule has 2 amide bonds. The number of carbonyl (C=O) groups is 3. The highest BCUT2D eigenvalue weighted by molar-refractivity contribution is 5.97. The van der Waals surface area contributed by atoms with Crippen LogP contribution in [0.2, 0.25) is 0 Å². The SMILES string of the molecule is O=C(COC(=O)c1ccc(N2CCCC2=O)cc1)Nc1ccc2c(c1)CCC2. The first-order valence-corrected chi connectivity index (χ1v) is 9.59. The van der Waals surface area contributed by atoms with Crippen LogP contribution in [0.15, 0.2) is 42.5 Å². The average Bonchev–Trinajstić information content (AvgIpc) is 3.34. The summed E-state index contributed by atoms with van der Waals surface area (Å²) >= 11 is 0. The van der Waals surface area contributed by atoms with Crippen LogP contribution in [-0.2, 0) is 27.2 Å². The molecule has 1 aliphatic carbocycles. The lowest BCUT2D eigenvalue weighted by Gasteiger charge is -2.15. The second kappa shape index (κ2) is 7.84. The Morgan fingerprint density at radius 1 is 0.964 bits per heavy atom. The average molecular weight is 378 g/mol. The summed E-state index contributed by atoms with van der Waals surface area (Å²) in [6.45, 7) is 0.355. The number of esters is 1. The molecule has 0 atom stereocenters. The molecule has 0 unspecified atom stereocenters. The molecule has 0 spiro atoms. The summed E-state index contributed by atoms with van der Waals surface area (Å²) in [5, 5.41) is 2.77. The second-order valence-corrected chi connectivity index (χ2v) is 7.16. The van der Waals surface area contributed by atoms with Crippen molar-refractivity contribution in [1.82, 2.24) is 0 Å². The van der Waals surface area contributed by atoms with Crippen LogP contribution in [-0.4, -0.2) is 30.9 Å². The maximum absolute atomic E-state index is 12.2. The van der Waals surface area contributed by atoms with E-state index in [9.17, 15) is 14.4 Å². The largest absolute Gasteiger partial charge is 0.452 e. The van der Waals surface area contributed by atoms with Gasteiger partial charge in [-0.3, -0.25) is 9.59 Å². The zero-order valence-electron chi connectivity index (χ0n) is 15.6. The first kappa shape index (κ1) is 18.2. The van der Waals surface area contributed by atoms with Crippen molar-refractivity contribution < 1.29 is 19.1 Å². The standard InChI is InChI=1S/C22H22N2O4/c25-20(23-18-9-6-15-3-1-4-17(15)13-18)14-28-22(27)16-7-10-19(11-8-16)24-12-2-5-21(24)26/h6-11,13H,1-5,12,14H2,(H,23,25). The highest BCUT2D eigenvalue weighted by Gasteiger charge is 2.22. The van der Waals surface area contributed by atoms with E-state index >= 15 is 0 Å². The monoisotopic (exact) mass is 378 g/mol. The molecular formula is C22H22N2O4. The van der Waals surface area contributed by atoms with Gasteiger partial charge in [0.2, 0.25) is 5.91 Å². The Balaban J connectivity index is 1.30. The van der Waals surface area contributed by atoms with E-state index in [1.165, 1.54) is 11.1 Å². The lowest BCUT2D eigenvalue weighted by molar-refractivity contribution is -0.119. The summed E-state index contributed by atoms with van der Waals surface area (Å²) in [4.78, 5) is 37.7. The fourth-order valence-electron chi connectivity index (χ4n) is 3.76. The molecule has 1 aliphatic heterocycles. The fourth-order valence-corrected chi connectivity index (χ4v) is 3.76. The van der Waals surface area contributed by atoms with Gasteiger partial charge in [0, 0.05) is 24.3 Å². The van der Waals surface area contributed by atoms with Crippen molar-refractivity contribution in [2.45, 2.75) is 32.1 Å². The zero-order chi connectivity index (χ0) is 19.5. The first-order valence-electron chi connectivity index (χ1n) is 9.59. The maximum Gasteiger partial charge on any atom is 0.338 e. The molecule has 4 rings (SSSR count). The summed E-state index contributed by atoms with van der Waals surface area (Å²) in [6, 6.07) is 12.6. The third-order valence-corrected chi connectivity index (χ3v) is 5.20. The van der Waals surface area contributed by atoms with E-state index in [1.807, 2.05) is 18.2 Å². The molecule has 0 radical (unpaired) electrons. The van der Waals surface area contributed by atoms with Crippen molar-refractivity contribution in [2.75, 3.05) is 23.4 Å². The van der Waals surface area contributed by atoms with Gasteiger partial charge in [0.25, 0.3) is 5.91 Å². The minimum Gasteiger partial charge on any atom is -0.452 e. The lowest BCUT2D eigenvalue weighted by atomic mass is 10.1. The molecule has 6 heteroatoms. The van der Waals surface area contributed by atoms with E-state index in [1.54, 1.807) is 29.2 Å². The van der Waals surface area contributed by atoms with E-state index in [-0.39, 0.29) is 18.4 Å². The fraction of sp³-hybridized carbons (Fsp3) is 0.318. The van der Waals surface area contributed by atoms with Crippen molar-refractivity contribution in [3.63, 3.8) is 0 Å². The molecule has 0 saturated carbocycles. The van der Waals surface area contributed by atoms with Crippen molar-refractivity contribution in [1.29, 1.82) is 0 Å². The molecule has 1 heterocycles. The van der Waals surface area contributed by atoms with Crippen LogP contribution in [0.4, 0.5) is 11.4 Å². The van der Waals surface area contributed by atoms with Gasteiger partial charge in [-0.2, -0.15) is 0 Å². The number of rotatable bonds is 5. The Morgan fingerprint density at radius 3 is 2.50 bits per heavy atom. The predicted molar refractivity (Wildman–Crippen MR) is 105 cm³/mol. The Kier molecular flexibility index (Phi) is 5.10. The quantitative estimate of drug-likeness (QED) is 0.811. The molecule has 0 aromatic heterocycles. The summed E-state index contributed by atoms with van der Waals surface area (Å²) in [6.07, 6.45) is 4.68. The number of nitrogens with one attached hydrogen (secondary N) is 1. The second-order valence-electron chi connectivity index (χ2n) is 7.16. The van der Waals surface area contributed by atoms with Crippen LogP contribution in [0.3, 0.4) is 0 Å². The molecule has 2 aromatic rings. The number of amides is 2. The number of ether oxygens (including phenoxy) is 1. The summed E-state index contributed by atoms with van der Waals surface area (Å²) in [7, 11) is 0. The summed E-state index contributed by atoms with van der Waals surface area (Å²) < 4.78 is 5.11. The summed E-state index contributed by atoms with van der Waals surface area (Å²) in [5.74, 6) is -0.840. The molecule has 6 nitrogen and oxygen atoms in total. The van der Waals surface area contributed by atoms with Crippen LogP contribution < -0.4 is 10.2 Å². The molecule has 2 aliphatic rings. The van der Waals surface area contributed by atoms with Crippen molar-refractivity contribution in [3.8, 4) is 0 Å². The van der Waals surface area contributed by atoms with Crippen LogP contribution in [0.25, 0.3) is 0 Å². The van der Waals surface area contributed by atoms with E-state index in [2.05, 4.69) is 5.32 Å². The number of aryl methyl sites for hydroxylation is 2. The van der Waals surface area contributed by atoms with Crippen LogP contribution in [0.1, 0.15) is 40.7 Å². The highest BCUT2D eigenvalue weighted by atomic mass is 16.5. The minimum atomic E-state index is -0.566. The molecule has 28 heavy (non-hydrogen) atoms. The molecule has 0 bridgehead atoms. The van der Waals surface area contributed by atoms with Gasteiger partial charge in [-0.15, -0.1) is 0 Å². The normalized spacial score (nSPS) is 15.4. The number of fused-ring (bicyclic) bond motifs is 1. The van der Waals surface area contributed by atoms with Crippen molar-refractivity contribution in [2.24, 2.45) is 0 Å². The number of hydrogen-bond acceptors (Lipinski definition) is 4. The first-order chi connectivity index (χ1) is 13.6. The number of hydrogen-bond donors (Lipinski definition) is 1. The minimum absolute atomic E-state index is 0.0959. The molecule has 144 valence electrons.